The lowest BCUT2D eigenvalue weighted by Gasteiger charge is -2.27. The van der Waals surface area contributed by atoms with Crippen molar-refractivity contribution in [2.75, 3.05) is 0 Å². The smallest absolute Gasteiger partial charge is 0.277 e. The van der Waals surface area contributed by atoms with Crippen LogP contribution >= 0.6 is 11.6 Å². The van der Waals surface area contributed by atoms with E-state index in [0.717, 1.165) is 10.8 Å². The van der Waals surface area contributed by atoms with Crippen molar-refractivity contribution < 1.29 is 19.3 Å². The molecule has 0 bridgehead atoms. The number of hydrogen-bond donors (Lipinski definition) is 2. The Morgan fingerprint density at radius 1 is 1.34 bits per heavy atom. The second-order valence-electron chi connectivity index (χ2n) is 7.04. The van der Waals surface area contributed by atoms with E-state index in [0.29, 0.717) is 31.2 Å². The minimum absolute atomic E-state index is 0.0635. The molecule has 1 aliphatic carbocycles. The SMILES string of the molecule is Cc1cn(O)c(=NC2CCC(NC(=O)c3ccc(F)c(Cl)c3)CC2)cc1[N+](=O)[O-]. The molecule has 0 radical (unpaired) electrons. The Morgan fingerprint density at radius 3 is 2.66 bits per heavy atom. The van der Waals surface area contributed by atoms with Crippen molar-refractivity contribution >= 4 is 23.2 Å². The molecular weight excluding hydrogens is 403 g/mol. The van der Waals surface area contributed by atoms with Gasteiger partial charge in [-0.15, -0.1) is 0 Å². The van der Waals surface area contributed by atoms with E-state index in [1.165, 1.54) is 31.3 Å². The minimum atomic E-state index is -0.581. The summed E-state index contributed by atoms with van der Waals surface area (Å²) in [5.41, 5.74) is 0.643. The van der Waals surface area contributed by atoms with Gasteiger partial charge in [-0.05, 0) is 50.8 Å². The average molecular weight is 423 g/mol. The largest absolute Gasteiger partial charge is 0.427 e. The summed E-state index contributed by atoms with van der Waals surface area (Å²) in [4.78, 5) is 27.3. The van der Waals surface area contributed by atoms with E-state index in [1.807, 2.05) is 0 Å². The van der Waals surface area contributed by atoms with E-state index in [9.17, 15) is 24.5 Å². The third-order valence-electron chi connectivity index (χ3n) is 4.95. The Morgan fingerprint density at radius 2 is 2.03 bits per heavy atom. The van der Waals surface area contributed by atoms with Crippen LogP contribution in [0.25, 0.3) is 0 Å². The van der Waals surface area contributed by atoms with Crippen LogP contribution in [0.5, 0.6) is 0 Å². The molecule has 0 spiro atoms. The number of hydrogen-bond acceptors (Lipinski definition) is 5. The lowest BCUT2D eigenvalue weighted by molar-refractivity contribution is -0.385. The van der Waals surface area contributed by atoms with E-state index < -0.39 is 10.7 Å². The van der Waals surface area contributed by atoms with E-state index >= 15 is 0 Å². The number of nitro groups is 1. The summed E-state index contributed by atoms with van der Waals surface area (Å²) in [5.74, 6) is -0.905. The summed E-state index contributed by atoms with van der Waals surface area (Å²) in [7, 11) is 0. The van der Waals surface area contributed by atoms with Gasteiger partial charge in [0.15, 0.2) is 5.49 Å². The fourth-order valence-corrected chi connectivity index (χ4v) is 3.53. The van der Waals surface area contributed by atoms with Gasteiger partial charge in [0.2, 0.25) is 0 Å². The zero-order valence-electron chi connectivity index (χ0n) is 15.6. The standard InChI is InChI=1S/C19H20ClFN4O4/c1-11-10-24(27)18(9-17(11)25(28)29)22-13-3-5-14(6-4-13)23-19(26)12-2-7-16(21)15(20)8-12/h2,7-10,13-14,27H,3-6H2,1H3,(H,23,26). The van der Waals surface area contributed by atoms with E-state index in [2.05, 4.69) is 10.3 Å². The van der Waals surface area contributed by atoms with Crippen LogP contribution in [0.15, 0.2) is 35.5 Å². The number of aryl methyl sites for hydroxylation is 1. The number of pyridine rings is 1. The Bertz CT molecular complexity index is 1020. The highest BCUT2D eigenvalue weighted by molar-refractivity contribution is 6.31. The second kappa shape index (κ2) is 8.60. The van der Waals surface area contributed by atoms with Crippen molar-refractivity contribution in [1.29, 1.82) is 0 Å². The lowest BCUT2D eigenvalue weighted by Crippen LogP contribution is -2.38. The number of halogens is 2. The van der Waals surface area contributed by atoms with Crippen LogP contribution in [0.4, 0.5) is 10.1 Å². The number of carbonyl (C=O) groups is 1. The van der Waals surface area contributed by atoms with Gasteiger partial charge >= 0.3 is 0 Å². The molecule has 1 aromatic heterocycles. The molecule has 2 N–H and O–H groups in total. The van der Waals surface area contributed by atoms with Gasteiger partial charge in [0.1, 0.15) is 5.82 Å². The summed E-state index contributed by atoms with van der Waals surface area (Å²) in [6, 6.07) is 4.88. The maximum atomic E-state index is 13.2. The normalized spacial score (nSPS) is 19.8. The van der Waals surface area contributed by atoms with Crippen LogP contribution < -0.4 is 10.8 Å². The quantitative estimate of drug-likeness (QED) is 0.447. The highest BCUT2D eigenvalue weighted by Crippen LogP contribution is 2.22. The van der Waals surface area contributed by atoms with Crippen molar-refractivity contribution in [3.05, 3.63) is 68.0 Å². The molecule has 0 atom stereocenters. The average Bonchev–Trinajstić information content (AvgIpc) is 2.67. The molecule has 1 heterocycles. The molecule has 0 unspecified atom stereocenters. The molecule has 10 heteroatoms. The van der Waals surface area contributed by atoms with E-state index in [-0.39, 0.29) is 39.8 Å². The van der Waals surface area contributed by atoms with Crippen LogP contribution in [-0.2, 0) is 0 Å². The van der Waals surface area contributed by atoms with Crippen LogP contribution in [0.1, 0.15) is 41.6 Å². The monoisotopic (exact) mass is 422 g/mol. The summed E-state index contributed by atoms with van der Waals surface area (Å²) < 4.78 is 14.0. The molecule has 1 amide bonds. The van der Waals surface area contributed by atoms with Crippen LogP contribution in [0, 0.1) is 22.9 Å². The van der Waals surface area contributed by atoms with Crippen LogP contribution in [0.3, 0.4) is 0 Å². The van der Waals surface area contributed by atoms with Gasteiger partial charge in [0, 0.05) is 17.2 Å². The maximum absolute atomic E-state index is 13.2. The van der Waals surface area contributed by atoms with Gasteiger partial charge in [-0.1, -0.05) is 11.6 Å². The molecule has 154 valence electrons. The minimum Gasteiger partial charge on any atom is -0.427 e. The predicted octanol–water partition coefficient (Wildman–Crippen LogP) is 3.38. The molecule has 1 aliphatic rings. The first-order chi connectivity index (χ1) is 13.7. The van der Waals surface area contributed by atoms with Gasteiger partial charge in [-0.3, -0.25) is 19.9 Å². The summed E-state index contributed by atoms with van der Waals surface area (Å²) >= 11 is 5.72. The first-order valence-corrected chi connectivity index (χ1v) is 9.49. The summed E-state index contributed by atoms with van der Waals surface area (Å²) in [5, 5.41) is 23.9. The van der Waals surface area contributed by atoms with Gasteiger partial charge in [0.05, 0.1) is 28.3 Å². The lowest BCUT2D eigenvalue weighted by atomic mass is 9.91. The number of carbonyl (C=O) groups excluding carboxylic acids is 1. The number of nitrogens with one attached hydrogen (secondary N) is 1. The third-order valence-corrected chi connectivity index (χ3v) is 5.24. The second-order valence-corrected chi connectivity index (χ2v) is 7.45. The van der Waals surface area contributed by atoms with Crippen molar-refractivity contribution in [3.63, 3.8) is 0 Å². The molecule has 0 saturated heterocycles. The number of rotatable bonds is 4. The molecular formula is C19H20ClFN4O4. The Balaban J connectivity index is 1.64. The molecule has 1 saturated carbocycles. The van der Waals surface area contributed by atoms with Gasteiger partial charge in [-0.25, -0.2) is 4.39 Å². The highest BCUT2D eigenvalue weighted by atomic mass is 35.5. The molecule has 0 aliphatic heterocycles. The fourth-order valence-electron chi connectivity index (χ4n) is 3.35. The molecule has 1 fully saturated rings. The Hall–Kier alpha value is -2.94. The topological polar surface area (TPSA) is 110 Å². The maximum Gasteiger partial charge on any atom is 0.277 e. The zero-order chi connectivity index (χ0) is 21.1. The zero-order valence-corrected chi connectivity index (χ0v) is 16.4. The number of amides is 1. The molecule has 1 aromatic carbocycles. The van der Waals surface area contributed by atoms with E-state index in [4.69, 9.17) is 11.6 Å². The van der Waals surface area contributed by atoms with Crippen molar-refractivity contribution in [2.24, 2.45) is 4.99 Å². The predicted molar refractivity (Wildman–Crippen MR) is 103 cm³/mol. The third kappa shape index (κ3) is 4.92. The van der Waals surface area contributed by atoms with Crippen LogP contribution in [0.2, 0.25) is 5.02 Å². The van der Waals surface area contributed by atoms with Crippen LogP contribution in [-0.4, -0.2) is 32.9 Å². The Labute approximate surface area is 170 Å². The number of aromatic nitrogens is 1. The number of nitrogens with zero attached hydrogens (tertiary/aromatic N) is 3. The molecule has 29 heavy (non-hydrogen) atoms. The van der Waals surface area contributed by atoms with Crippen molar-refractivity contribution in [3.8, 4) is 0 Å². The molecule has 3 rings (SSSR count). The first-order valence-electron chi connectivity index (χ1n) is 9.11. The van der Waals surface area contributed by atoms with Crippen molar-refractivity contribution in [1.82, 2.24) is 10.0 Å². The number of benzene rings is 1. The summed E-state index contributed by atoms with van der Waals surface area (Å²) in [6.07, 6.45) is 3.88. The summed E-state index contributed by atoms with van der Waals surface area (Å²) in [6.45, 7) is 1.54. The Kier molecular flexibility index (Phi) is 6.17. The van der Waals surface area contributed by atoms with Crippen molar-refractivity contribution in [2.45, 2.75) is 44.7 Å². The van der Waals surface area contributed by atoms with E-state index in [1.54, 1.807) is 0 Å². The highest BCUT2D eigenvalue weighted by Gasteiger charge is 2.23. The van der Waals surface area contributed by atoms with Gasteiger partial charge in [0.25, 0.3) is 11.6 Å². The molecule has 2 aromatic rings. The first kappa shape index (κ1) is 20.8. The molecule has 8 nitrogen and oxygen atoms in total. The fraction of sp³-hybridized carbons (Fsp3) is 0.368. The van der Waals surface area contributed by atoms with Gasteiger partial charge in [-0.2, -0.15) is 4.73 Å². The van der Waals surface area contributed by atoms with Gasteiger partial charge < -0.3 is 10.5 Å².